The van der Waals surface area contributed by atoms with Crippen LogP contribution in [0.4, 0.5) is 21.9 Å². The van der Waals surface area contributed by atoms with Crippen LogP contribution in [0.5, 0.6) is 0 Å². The molecule has 64 heavy (non-hydrogen) atoms. The van der Waals surface area contributed by atoms with Crippen molar-refractivity contribution >= 4 is 45.9 Å². The summed E-state index contributed by atoms with van der Waals surface area (Å²) in [6.07, 6.45) is 4.17. The number of hydrogen-bond donors (Lipinski definition) is 4. The Bertz CT molecular complexity index is 2640. The van der Waals surface area contributed by atoms with E-state index in [0.717, 1.165) is 103 Å². The topological polar surface area (TPSA) is 189 Å². The number of piperazine rings is 1. The van der Waals surface area contributed by atoms with Crippen LogP contribution < -0.4 is 25.3 Å². The fourth-order valence-corrected chi connectivity index (χ4v) is 9.03. The van der Waals surface area contributed by atoms with Crippen LogP contribution in [0.1, 0.15) is 80.6 Å². The number of aromatic amines is 1. The highest BCUT2D eigenvalue weighted by molar-refractivity contribution is 6.05. The van der Waals surface area contributed by atoms with Crippen molar-refractivity contribution in [3.8, 4) is 22.5 Å². The van der Waals surface area contributed by atoms with E-state index in [0.29, 0.717) is 30.3 Å². The van der Waals surface area contributed by atoms with Crippen molar-refractivity contribution in [3.63, 3.8) is 0 Å². The maximum Gasteiger partial charge on any atom is 0.328 e. The predicted molar refractivity (Wildman–Crippen MR) is 245 cm³/mol. The molecule has 6 heterocycles. The van der Waals surface area contributed by atoms with E-state index in [9.17, 15) is 19.5 Å². The number of nitrogens with one attached hydrogen (secondary N) is 3. The molecule has 0 radical (unpaired) electrons. The molecule has 0 spiro atoms. The van der Waals surface area contributed by atoms with Gasteiger partial charge in [-0.3, -0.25) is 24.7 Å². The molecule has 3 aliphatic rings. The molecule has 1 atom stereocenters. The Morgan fingerprint density at radius 2 is 1.53 bits per heavy atom. The molecule has 0 bridgehead atoms. The highest BCUT2D eigenvalue weighted by Crippen LogP contribution is 2.34. The second-order valence-electron chi connectivity index (χ2n) is 18.1. The molecular weight excluding hydrogens is 811 g/mol. The van der Waals surface area contributed by atoms with Crippen molar-refractivity contribution in [1.29, 1.82) is 0 Å². The monoisotopic (exact) mass is 865 g/mol. The Morgan fingerprint density at radius 1 is 0.859 bits per heavy atom. The number of nitrogens with zero attached hydrogens (tertiary/aromatic N) is 8. The molecule has 0 saturated carbocycles. The van der Waals surface area contributed by atoms with Gasteiger partial charge >= 0.3 is 6.03 Å². The fourth-order valence-electron chi connectivity index (χ4n) is 9.03. The van der Waals surface area contributed by atoms with Crippen LogP contribution in [0.15, 0.2) is 83.6 Å². The number of benzene rings is 3. The first kappa shape index (κ1) is 42.6. The van der Waals surface area contributed by atoms with E-state index in [4.69, 9.17) is 4.52 Å². The van der Waals surface area contributed by atoms with Crippen molar-refractivity contribution in [3.05, 3.63) is 102 Å². The van der Waals surface area contributed by atoms with Crippen LogP contribution >= 0.6 is 0 Å². The van der Waals surface area contributed by atoms with E-state index in [-0.39, 0.29) is 29.8 Å². The number of rotatable bonds is 11. The Balaban J connectivity index is 0.778. The van der Waals surface area contributed by atoms with E-state index in [1.807, 2.05) is 58.0 Å². The molecule has 3 aromatic heterocycles. The van der Waals surface area contributed by atoms with Gasteiger partial charge in [-0.2, -0.15) is 4.98 Å². The summed E-state index contributed by atoms with van der Waals surface area (Å²) in [5.74, 6) is 0.340. The van der Waals surface area contributed by atoms with Gasteiger partial charge in [-0.1, -0.05) is 50.2 Å². The molecule has 6 aromatic rings. The van der Waals surface area contributed by atoms with Gasteiger partial charge < -0.3 is 29.7 Å². The van der Waals surface area contributed by atoms with Crippen LogP contribution in [0.25, 0.3) is 33.5 Å². The molecular formula is C48H55N11O5. The van der Waals surface area contributed by atoms with Gasteiger partial charge in [0.25, 0.3) is 11.7 Å². The van der Waals surface area contributed by atoms with Crippen LogP contribution in [0.3, 0.4) is 0 Å². The van der Waals surface area contributed by atoms with Gasteiger partial charge in [-0.05, 0) is 90.9 Å². The largest absolute Gasteiger partial charge is 0.392 e. The lowest BCUT2D eigenvalue weighted by Gasteiger charge is -2.40. The summed E-state index contributed by atoms with van der Waals surface area (Å²) >= 11 is 0. The number of aromatic nitrogens is 5. The third kappa shape index (κ3) is 9.06. The summed E-state index contributed by atoms with van der Waals surface area (Å²) in [7, 11) is 0. The van der Waals surface area contributed by atoms with Gasteiger partial charge in [-0.25, -0.2) is 14.8 Å². The molecule has 16 nitrogen and oxygen atoms in total. The number of H-pyrrole nitrogens is 1. The summed E-state index contributed by atoms with van der Waals surface area (Å²) in [6.45, 7) is 15.0. The van der Waals surface area contributed by atoms with Crippen molar-refractivity contribution < 1.29 is 24.0 Å². The van der Waals surface area contributed by atoms with Gasteiger partial charge in [-0.15, -0.1) is 0 Å². The second kappa shape index (κ2) is 17.8. The van der Waals surface area contributed by atoms with Crippen LogP contribution in [-0.4, -0.2) is 105 Å². The second-order valence-corrected chi connectivity index (χ2v) is 18.1. The first-order valence-electron chi connectivity index (χ1n) is 22.2. The molecule has 3 aliphatic heterocycles. The van der Waals surface area contributed by atoms with Gasteiger partial charge in [0.15, 0.2) is 0 Å². The van der Waals surface area contributed by atoms with Crippen molar-refractivity contribution in [2.75, 3.05) is 67.1 Å². The van der Waals surface area contributed by atoms with E-state index in [1.54, 1.807) is 11.2 Å². The number of aliphatic hydroxyl groups excluding tert-OH is 1. The van der Waals surface area contributed by atoms with Gasteiger partial charge in [0.1, 0.15) is 12.0 Å². The zero-order chi connectivity index (χ0) is 44.5. The molecule has 4 N–H and O–H groups in total. The van der Waals surface area contributed by atoms with Crippen LogP contribution in [0, 0.1) is 5.92 Å². The average Bonchev–Trinajstić information content (AvgIpc) is 3.99. The standard InChI is InChI=1S/C48H55N11O5/c1-30(51-45(62)44-54-46(64-55-44)48(2,3)4)38-14-7-33(25-34(38)28-60)42-39-26-40(52-43(39)50-29-49-42)32-5-8-35(9-6-32)58-23-21-56(22-24-58)27-31-15-18-57(19-16-31)36-10-12-37(13-11-36)59-20-17-41(61)53-47(59)63/h5-14,25-26,29-31,60H,15-24,27-28H2,1-4H3,(H,51,62)(H,49,50,52)(H,53,61,63). The zero-order valence-corrected chi connectivity index (χ0v) is 36.8. The van der Waals surface area contributed by atoms with Crippen LogP contribution in [-0.2, 0) is 16.8 Å². The number of carbonyl (C=O) groups is 3. The number of imide groups is 1. The number of carbonyl (C=O) groups excluding carboxylic acids is 3. The lowest BCUT2D eigenvalue weighted by atomic mass is 9.95. The van der Waals surface area contributed by atoms with E-state index >= 15 is 0 Å². The zero-order valence-electron chi connectivity index (χ0n) is 36.8. The Hall–Kier alpha value is -6.65. The minimum absolute atomic E-state index is 0.0335. The molecule has 16 heteroatoms. The third-order valence-electron chi connectivity index (χ3n) is 12.7. The molecule has 4 amide bonds. The van der Waals surface area contributed by atoms with Gasteiger partial charge in [0, 0.05) is 97.9 Å². The quantitative estimate of drug-likeness (QED) is 0.112. The highest BCUT2D eigenvalue weighted by atomic mass is 16.5. The summed E-state index contributed by atoms with van der Waals surface area (Å²) in [5.41, 5.74) is 8.52. The maximum absolute atomic E-state index is 13.0. The first-order valence-corrected chi connectivity index (χ1v) is 22.2. The minimum Gasteiger partial charge on any atom is -0.392 e. The highest BCUT2D eigenvalue weighted by Gasteiger charge is 2.28. The fraction of sp³-hybridized carbons (Fsp3) is 0.396. The van der Waals surface area contributed by atoms with E-state index in [1.165, 1.54) is 11.4 Å². The predicted octanol–water partition coefficient (Wildman–Crippen LogP) is 6.44. The summed E-state index contributed by atoms with van der Waals surface area (Å²) < 4.78 is 5.30. The molecule has 3 saturated heterocycles. The summed E-state index contributed by atoms with van der Waals surface area (Å²) in [6, 6.07) is 23.9. The Kier molecular flexibility index (Phi) is 11.9. The number of aliphatic hydroxyl groups is 1. The summed E-state index contributed by atoms with van der Waals surface area (Å²) in [4.78, 5) is 62.9. The molecule has 0 aliphatic carbocycles. The molecule has 332 valence electrons. The molecule has 9 rings (SSSR count). The molecule has 1 unspecified atom stereocenters. The number of urea groups is 1. The third-order valence-corrected chi connectivity index (χ3v) is 12.7. The molecule has 3 fully saturated rings. The minimum atomic E-state index is -0.456. The Morgan fingerprint density at radius 3 is 2.20 bits per heavy atom. The smallest absolute Gasteiger partial charge is 0.328 e. The average molecular weight is 866 g/mol. The van der Waals surface area contributed by atoms with E-state index in [2.05, 4.69) is 92.9 Å². The van der Waals surface area contributed by atoms with Gasteiger partial charge in [0.05, 0.1) is 18.3 Å². The number of hydrogen-bond acceptors (Lipinski definition) is 12. The number of amides is 4. The number of anilines is 3. The SMILES string of the molecule is CC(NC(=O)c1noc(C(C)(C)C)n1)c1ccc(-c2ncnc3[nH]c(-c4ccc(N5CCN(CC6CCN(c7ccc(N8CCC(=O)NC8=O)cc7)CC6)CC5)cc4)cc23)cc1CO. The van der Waals surface area contributed by atoms with E-state index < -0.39 is 11.9 Å². The Labute approximate surface area is 372 Å². The number of piperidine rings is 1. The number of fused-ring (bicyclic) bond motifs is 1. The lowest BCUT2D eigenvalue weighted by molar-refractivity contribution is -0.120. The maximum atomic E-state index is 13.0. The van der Waals surface area contributed by atoms with Crippen molar-refractivity contribution in [1.82, 2.24) is 40.6 Å². The van der Waals surface area contributed by atoms with Crippen LogP contribution in [0.2, 0.25) is 0 Å². The molecule has 3 aromatic carbocycles. The van der Waals surface area contributed by atoms with Gasteiger partial charge in [0.2, 0.25) is 11.8 Å². The lowest BCUT2D eigenvalue weighted by Crippen LogP contribution is -2.49. The summed E-state index contributed by atoms with van der Waals surface area (Å²) in [5, 5.41) is 20.5. The normalized spacial score (nSPS) is 17.2. The first-order chi connectivity index (χ1) is 30.9. The van der Waals surface area contributed by atoms with Crippen molar-refractivity contribution in [2.24, 2.45) is 5.92 Å². The van der Waals surface area contributed by atoms with Crippen molar-refractivity contribution in [2.45, 2.75) is 65.0 Å².